The first-order chi connectivity index (χ1) is 8.31. The fourth-order valence-electron chi connectivity index (χ4n) is 2.26. The van der Waals surface area contributed by atoms with Crippen molar-refractivity contribution in [3.63, 3.8) is 0 Å². The van der Waals surface area contributed by atoms with E-state index in [9.17, 15) is 5.11 Å². The topological polar surface area (TPSA) is 49.7 Å². The Bertz CT molecular complexity index is 362. The van der Waals surface area contributed by atoms with Crippen LogP contribution in [0.5, 0.6) is 5.75 Å². The molecule has 0 spiro atoms. The molecule has 0 radical (unpaired) electrons. The quantitative estimate of drug-likeness (QED) is 0.771. The number of benzene rings is 1. The van der Waals surface area contributed by atoms with Crippen LogP contribution in [0, 0.1) is 0 Å². The summed E-state index contributed by atoms with van der Waals surface area (Å²) in [5.41, 5.74) is 2.27. The molecule has 0 amide bonds. The van der Waals surface area contributed by atoms with Crippen molar-refractivity contribution >= 4 is 0 Å². The van der Waals surface area contributed by atoms with Crippen molar-refractivity contribution in [2.24, 2.45) is 0 Å². The maximum Gasteiger partial charge on any atom is 0.119 e. The molecule has 3 heteroatoms. The average molecular weight is 236 g/mol. The van der Waals surface area contributed by atoms with Crippen LogP contribution in [0.2, 0.25) is 0 Å². The highest BCUT2D eigenvalue weighted by atomic mass is 16.5. The van der Waals surface area contributed by atoms with Crippen molar-refractivity contribution in [1.29, 1.82) is 0 Å². The van der Waals surface area contributed by atoms with Crippen LogP contribution in [-0.2, 0) is 6.42 Å². The molecule has 0 bridgehead atoms. The Morgan fingerprint density at radius 1 is 1.29 bits per heavy atom. The van der Waals surface area contributed by atoms with Crippen LogP contribution >= 0.6 is 0 Å². The summed E-state index contributed by atoms with van der Waals surface area (Å²) in [5, 5.41) is 18.5. The second-order valence-corrected chi connectivity index (χ2v) is 4.55. The van der Waals surface area contributed by atoms with E-state index in [1.54, 1.807) is 0 Å². The predicted octanol–water partition coefficient (Wildman–Crippen LogP) is 2.21. The molecule has 1 aromatic carbocycles. The summed E-state index contributed by atoms with van der Waals surface area (Å²) < 4.78 is 5.62. The summed E-state index contributed by atoms with van der Waals surface area (Å²) in [6, 6.07) is 5.93. The van der Waals surface area contributed by atoms with Gasteiger partial charge in [0, 0.05) is 6.61 Å². The van der Waals surface area contributed by atoms with Crippen LogP contribution in [0.1, 0.15) is 42.9 Å². The number of aryl methyl sites for hydroxylation is 1. The third kappa shape index (κ3) is 3.20. The highest BCUT2D eigenvalue weighted by molar-refractivity contribution is 5.38. The molecular weight excluding hydrogens is 216 g/mol. The maximum atomic E-state index is 9.83. The lowest BCUT2D eigenvalue weighted by molar-refractivity contribution is 0.156. The first kappa shape index (κ1) is 12.4. The molecule has 0 aliphatic heterocycles. The van der Waals surface area contributed by atoms with Gasteiger partial charge in [-0.05, 0) is 55.4 Å². The minimum atomic E-state index is -0.304. The molecular formula is C14H20O3. The molecule has 1 aromatic rings. The van der Waals surface area contributed by atoms with Gasteiger partial charge in [-0.25, -0.2) is 0 Å². The molecule has 0 fully saturated rings. The third-order valence-corrected chi connectivity index (χ3v) is 3.22. The Labute approximate surface area is 102 Å². The van der Waals surface area contributed by atoms with E-state index in [0.29, 0.717) is 6.61 Å². The Hall–Kier alpha value is -1.06. The number of rotatable bonds is 5. The van der Waals surface area contributed by atoms with Gasteiger partial charge in [0.15, 0.2) is 0 Å². The largest absolute Gasteiger partial charge is 0.494 e. The van der Waals surface area contributed by atoms with Crippen molar-refractivity contribution in [2.45, 2.75) is 38.2 Å². The number of ether oxygens (including phenoxy) is 1. The standard InChI is InChI=1S/C14H20O3/c15-8-1-2-9-17-12-6-7-13-11(10-12)4-3-5-14(13)16/h6-7,10,14-16H,1-5,8-9H2. The normalized spacial score (nSPS) is 18.8. The van der Waals surface area contributed by atoms with Gasteiger partial charge in [0.2, 0.25) is 0 Å². The second kappa shape index (κ2) is 6.03. The van der Waals surface area contributed by atoms with E-state index in [0.717, 1.165) is 43.4 Å². The summed E-state index contributed by atoms with van der Waals surface area (Å²) in [7, 11) is 0. The molecule has 94 valence electrons. The number of hydrogen-bond acceptors (Lipinski definition) is 3. The Morgan fingerprint density at radius 3 is 3.00 bits per heavy atom. The predicted molar refractivity (Wildman–Crippen MR) is 66.2 cm³/mol. The van der Waals surface area contributed by atoms with E-state index < -0.39 is 0 Å². The molecule has 2 rings (SSSR count). The maximum absolute atomic E-state index is 9.83. The van der Waals surface area contributed by atoms with Crippen molar-refractivity contribution in [1.82, 2.24) is 0 Å². The van der Waals surface area contributed by atoms with Crippen molar-refractivity contribution in [3.8, 4) is 5.75 Å². The number of hydrogen-bond donors (Lipinski definition) is 2. The van der Waals surface area contributed by atoms with Gasteiger partial charge in [-0.2, -0.15) is 0 Å². The average Bonchev–Trinajstić information content (AvgIpc) is 2.35. The van der Waals surface area contributed by atoms with Gasteiger partial charge in [-0.3, -0.25) is 0 Å². The zero-order valence-corrected chi connectivity index (χ0v) is 10.1. The van der Waals surface area contributed by atoms with Crippen LogP contribution < -0.4 is 4.74 Å². The van der Waals surface area contributed by atoms with E-state index in [2.05, 4.69) is 0 Å². The molecule has 0 heterocycles. The fourth-order valence-corrected chi connectivity index (χ4v) is 2.26. The first-order valence-electron chi connectivity index (χ1n) is 6.36. The number of aliphatic hydroxyl groups excluding tert-OH is 2. The number of fused-ring (bicyclic) bond motifs is 1. The van der Waals surface area contributed by atoms with E-state index >= 15 is 0 Å². The third-order valence-electron chi connectivity index (χ3n) is 3.22. The smallest absolute Gasteiger partial charge is 0.119 e. The number of aliphatic hydroxyl groups is 2. The lowest BCUT2D eigenvalue weighted by Crippen LogP contribution is -2.09. The van der Waals surface area contributed by atoms with E-state index in [1.165, 1.54) is 5.56 Å². The zero-order chi connectivity index (χ0) is 12.1. The molecule has 1 aliphatic rings. The highest BCUT2D eigenvalue weighted by Crippen LogP contribution is 2.31. The van der Waals surface area contributed by atoms with E-state index in [-0.39, 0.29) is 12.7 Å². The lowest BCUT2D eigenvalue weighted by Gasteiger charge is -2.21. The van der Waals surface area contributed by atoms with Gasteiger partial charge in [-0.15, -0.1) is 0 Å². The van der Waals surface area contributed by atoms with E-state index in [4.69, 9.17) is 9.84 Å². The molecule has 1 aliphatic carbocycles. The molecule has 2 N–H and O–H groups in total. The van der Waals surface area contributed by atoms with Crippen molar-refractivity contribution < 1.29 is 14.9 Å². The summed E-state index contributed by atoms with van der Waals surface area (Å²) in [6.07, 6.45) is 4.29. The van der Waals surface area contributed by atoms with Crippen molar-refractivity contribution in [3.05, 3.63) is 29.3 Å². The number of unbranched alkanes of at least 4 members (excludes halogenated alkanes) is 1. The first-order valence-corrected chi connectivity index (χ1v) is 6.36. The molecule has 0 saturated carbocycles. The molecule has 1 unspecified atom stereocenters. The van der Waals surface area contributed by atoms with Crippen LogP contribution in [0.25, 0.3) is 0 Å². The van der Waals surface area contributed by atoms with Crippen LogP contribution in [0.15, 0.2) is 18.2 Å². The molecule has 3 nitrogen and oxygen atoms in total. The Balaban J connectivity index is 1.96. The van der Waals surface area contributed by atoms with Gasteiger partial charge in [0.05, 0.1) is 12.7 Å². The van der Waals surface area contributed by atoms with Gasteiger partial charge in [-0.1, -0.05) is 6.07 Å². The van der Waals surface area contributed by atoms with Gasteiger partial charge in [0.25, 0.3) is 0 Å². The minimum Gasteiger partial charge on any atom is -0.494 e. The SMILES string of the molecule is OCCCCOc1ccc2c(c1)CCCC2O. The van der Waals surface area contributed by atoms with Gasteiger partial charge < -0.3 is 14.9 Å². The van der Waals surface area contributed by atoms with Crippen LogP contribution in [0.3, 0.4) is 0 Å². The molecule has 17 heavy (non-hydrogen) atoms. The van der Waals surface area contributed by atoms with Gasteiger partial charge >= 0.3 is 0 Å². The molecule has 0 saturated heterocycles. The summed E-state index contributed by atoms with van der Waals surface area (Å²) in [4.78, 5) is 0. The summed E-state index contributed by atoms with van der Waals surface area (Å²) >= 11 is 0. The van der Waals surface area contributed by atoms with Gasteiger partial charge in [0.1, 0.15) is 5.75 Å². The summed E-state index contributed by atoms with van der Waals surface area (Å²) in [5.74, 6) is 0.871. The lowest BCUT2D eigenvalue weighted by atomic mass is 9.89. The second-order valence-electron chi connectivity index (χ2n) is 4.55. The highest BCUT2D eigenvalue weighted by Gasteiger charge is 2.17. The zero-order valence-electron chi connectivity index (χ0n) is 10.1. The summed E-state index contributed by atoms with van der Waals surface area (Å²) in [6.45, 7) is 0.863. The molecule has 1 atom stereocenters. The van der Waals surface area contributed by atoms with Crippen molar-refractivity contribution in [2.75, 3.05) is 13.2 Å². The van der Waals surface area contributed by atoms with E-state index in [1.807, 2.05) is 18.2 Å². The molecule has 0 aromatic heterocycles. The van der Waals surface area contributed by atoms with Crippen LogP contribution in [-0.4, -0.2) is 23.4 Å². The Morgan fingerprint density at radius 2 is 2.18 bits per heavy atom. The monoisotopic (exact) mass is 236 g/mol. The van der Waals surface area contributed by atoms with Crippen LogP contribution in [0.4, 0.5) is 0 Å². The fraction of sp³-hybridized carbons (Fsp3) is 0.571. The minimum absolute atomic E-state index is 0.222. The Kier molecular flexibility index (Phi) is 4.40.